The molecule has 0 saturated heterocycles. The Bertz CT molecular complexity index is 470. The molecule has 1 atom stereocenters. The molecule has 0 amide bonds. The van der Waals surface area contributed by atoms with Crippen molar-refractivity contribution in [2.45, 2.75) is 12.5 Å². The zero-order chi connectivity index (χ0) is 12.1. The fourth-order valence-electron chi connectivity index (χ4n) is 1.50. The predicted octanol–water partition coefficient (Wildman–Crippen LogP) is 2.63. The Hall–Kier alpha value is -1.08. The normalized spacial score (nSPS) is 19.6. The number of rotatable bonds is 0. The molecule has 0 aliphatic carbocycles. The van der Waals surface area contributed by atoms with Crippen LogP contribution in [0.1, 0.15) is 27.8 Å². The summed E-state index contributed by atoms with van der Waals surface area (Å²) in [6.07, 6.45) is -6.31. The van der Waals surface area contributed by atoms with Crippen LogP contribution in [0, 0.1) is 0 Å². The zero-order valence-corrected chi connectivity index (χ0v) is 9.09. The van der Waals surface area contributed by atoms with Crippen LogP contribution in [0.4, 0.5) is 13.2 Å². The first-order valence-corrected chi connectivity index (χ1v) is 4.89. The summed E-state index contributed by atoms with van der Waals surface area (Å²) in [5.41, 5.74) is -1.91. The SMILES string of the molecule is O=C1OC(O)c2cc(Br)cc(C(F)(F)F)c21. The van der Waals surface area contributed by atoms with E-state index in [2.05, 4.69) is 20.7 Å². The summed E-state index contributed by atoms with van der Waals surface area (Å²) in [6, 6.07) is 2.00. The molecule has 0 aromatic heterocycles. The van der Waals surface area contributed by atoms with Crippen molar-refractivity contribution < 1.29 is 27.8 Å². The minimum atomic E-state index is -4.67. The van der Waals surface area contributed by atoms with E-state index in [1.165, 1.54) is 6.07 Å². The van der Waals surface area contributed by atoms with Crippen LogP contribution in [0.5, 0.6) is 0 Å². The highest BCUT2D eigenvalue weighted by molar-refractivity contribution is 9.10. The molecule has 0 fully saturated rings. The Labute approximate surface area is 96.0 Å². The first-order chi connectivity index (χ1) is 7.30. The monoisotopic (exact) mass is 296 g/mol. The molecule has 86 valence electrons. The first-order valence-electron chi connectivity index (χ1n) is 4.10. The van der Waals surface area contributed by atoms with Gasteiger partial charge in [0.15, 0.2) is 0 Å². The summed E-state index contributed by atoms with van der Waals surface area (Å²) in [5.74, 6) is -1.16. The van der Waals surface area contributed by atoms with Crippen LogP contribution in [0.2, 0.25) is 0 Å². The molecule has 7 heteroatoms. The van der Waals surface area contributed by atoms with Crippen molar-refractivity contribution >= 4 is 21.9 Å². The zero-order valence-electron chi connectivity index (χ0n) is 7.51. The molecule has 1 aromatic rings. The Kier molecular flexibility index (Phi) is 2.47. The standard InChI is InChI=1S/C9H4BrF3O3/c10-3-1-4-6(8(15)16-7(4)14)5(2-3)9(11,12)13/h1-2,7,14H. The smallest absolute Gasteiger partial charge is 0.417 e. The molecule has 0 radical (unpaired) electrons. The second-order valence-electron chi connectivity index (χ2n) is 3.17. The van der Waals surface area contributed by atoms with Crippen molar-refractivity contribution in [3.63, 3.8) is 0 Å². The van der Waals surface area contributed by atoms with E-state index in [1.807, 2.05) is 0 Å². The first kappa shape index (κ1) is 11.4. The summed E-state index contributed by atoms with van der Waals surface area (Å²) in [5, 5.41) is 9.24. The second kappa shape index (κ2) is 3.46. The largest absolute Gasteiger partial charge is 0.428 e. The van der Waals surface area contributed by atoms with Crippen molar-refractivity contribution in [2.75, 3.05) is 0 Å². The molecule has 1 unspecified atom stereocenters. The van der Waals surface area contributed by atoms with Crippen LogP contribution in [-0.2, 0) is 10.9 Å². The molecule has 0 bridgehead atoms. The topological polar surface area (TPSA) is 46.5 Å². The highest BCUT2D eigenvalue weighted by atomic mass is 79.9. The van der Waals surface area contributed by atoms with Crippen LogP contribution >= 0.6 is 15.9 Å². The molecule has 2 rings (SSSR count). The lowest BCUT2D eigenvalue weighted by molar-refractivity contribution is -0.138. The number of halogens is 4. The van der Waals surface area contributed by atoms with Gasteiger partial charge in [-0.3, -0.25) is 0 Å². The van der Waals surface area contributed by atoms with Crippen molar-refractivity contribution in [3.05, 3.63) is 33.3 Å². The lowest BCUT2D eigenvalue weighted by atomic mass is 10.0. The fourth-order valence-corrected chi connectivity index (χ4v) is 1.97. The van der Waals surface area contributed by atoms with E-state index in [9.17, 15) is 23.1 Å². The molecule has 0 spiro atoms. The number of benzene rings is 1. The third-order valence-corrected chi connectivity index (χ3v) is 2.59. The predicted molar refractivity (Wildman–Crippen MR) is 49.5 cm³/mol. The number of fused-ring (bicyclic) bond motifs is 1. The minimum Gasteiger partial charge on any atom is -0.428 e. The van der Waals surface area contributed by atoms with Crippen LogP contribution < -0.4 is 0 Å². The van der Waals surface area contributed by atoms with Crippen molar-refractivity contribution in [3.8, 4) is 0 Å². The summed E-state index contributed by atoms with van der Waals surface area (Å²) < 4.78 is 42.3. The van der Waals surface area contributed by atoms with Crippen LogP contribution in [-0.4, -0.2) is 11.1 Å². The minimum absolute atomic E-state index is 0.121. The number of aliphatic hydroxyl groups is 1. The summed E-state index contributed by atoms with van der Waals surface area (Å²) in [4.78, 5) is 11.2. The van der Waals surface area contributed by atoms with Gasteiger partial charge in [0.25, 0.3) is 0 Å². The van der Waals surface area contributed by atoms with Crippen LogP contribution in [0.3, 0.4) is 0 Å². The summed E-state index contributed by atoms with van der Waals surface area (Å²) in [6.45, 7) is 0. The van der Waals surface area contributed by atoms with Gasteiger partial charge in [0, 0.05) is 10.0 Å². The summed E-state index contributed by atoms with van der Waals surface area (Å²) in [7, 11) is 0. The molecule has 3 nitrogen and oxygen atoms in total. The van der Waals surface area contributed by atoms with Crippen LogP contribution in [0.15, 0.2) is 16.6 Å². The van der Waals surface area contributed by atoms with Crippen molar-refractivity contribution in [2.24, 2.45) is 0 Å². The van der Waals surface area contributed by atoms with Gasteiger partial charge in [-0.25, -0.2) is 4.79 Å². The van der Waals surface area contributed by atoms with E-state index in [-0.39, 0.29) is 10.0 Å². The molecule has 1 aliphatic heterocycles. The number of aliphatic hydroxyl groups excluding tert-OH is 1. The van der Waals surface area contributed by atoms with Crippen molar-refractivity contribution in [1.82, 2.24) is 0 Å². The lowest BCUT2D eigenvalue weighted by Crippen LogP contribution is -2.12. The molecule has 16 heavy (non-hydrogen) atoms. The number of ether oxygens (including phenoxy) is 1. The number of hydrogen-bond donors (Lipinski definition) is 1. The van der Waals surface area contributed by atoms with E-state index < -0.39 is 29.6 Å². The number of esters is 1. The van der Waals surface area contributed by atoms with Crippen molar-refractivity contribution in [1.29, 1.82) is 0 Å². The van der Waals surface area contributed by atoms with E-state index in [0.717, 1.165) is 6.07 Å². The third-order valence-electron chi connectivity index (χ3n) is 2.13. The Morgan fingerprint density at radius 1 is 1.38 bits per heavy atom. The molecular formula is C9H4BrF3O3. The Morgan fingerprint density at radius 2 is 2.00 bits per heavy atom. The van der Waals surface area contributed by atoms with Gasteiger partial charge in [-0.1, -0.05) is 15.9 Å². The van der Waals surface area contributed by atoms with Crippen LogP contribution in [0.25, 0.3) is 0 Å². The highest BCUT2D eigenvalue weighted by Gasteiger charge is 2.42. The fraction of sp³-hybridized carbons (Fsp3) is 0.222. The average Bonchev–Trinajstić information content (AvgIpc) is 2.40. The van der Waals surface area contributed by atoms with Gasteiger partial charge in [-0.15, -0.1) is 0 Å². The number of hydrogen-bond acceptors (Lipinski definition) is 3. The van der Waals surface area contributed by atoms with Gasteiger partial charge in [0.05, 0.1) is 11.1 Å². The lowest BCUT2D eigenvalue weighted by Gasteiger charge is -2.10. The maximum atomic E-state index is 12.6. The maximum absolute atomic E-state index is 12.6. The van der Waals surface area contributed by atoms with Gasteiger partial charge in [-0.05, 0) is 12.1 Å². The van der Waals surface area contributed by atoms with Gasteiger partial charge < -0.3 is 9.84 Å². The number of alkyl halides is 3. The third kappa shape index (κ3) is 1.69. The molecule has 1 aromatic carbocycles. The van der Waals surface area contributed by atoms with E-state index >= 15 is 0 Å². The van der Waals surface area contributed by atoms with Gasteiger partial charge >= 0.3 is 12.1 Å². The Balaban J connectivity index is 2.73. The number of carbonyl (C=O) groups is 1. The van der Waals surface area contributed by atoms with E-state index in [1.54, 1.807) is 0 Å². The van der Waals surface area contributed by atoms with Gasteiger partial charge in [0.2, 0.25) is 6.29 Å². The second-order valence-corrected chi connectivity index (χ2v) is 4.09. The molecule has 1 N–H and O–H groups in total. The quantitative estimate of drug-likeness (QED) is 0.749. The van der Waals surface area contributed by atoms with E-state index in [4.69, 9.17) is 0 Å². The number of cyclic esters (lactones) is 1. The molecule has 1 aliphatic rings. The Morgan fingerprint density at radius 3 is 2.56 bits per heavy atom. The highest BCUT2D eigenvalue weighted by Crippen LogP contribution is 2.41. The average molecular weight is 297 g/mol. The summed E-state index contributed by atoms with van der Waals surface area (Å²) >= 11 is 2.88. The molecule has 0 saturated carbocycles. The van der Waals surface area contributed by atoms with Gasteiger partial charge in [0.1, 0.15) is 0 Å². The van der Waals surface area contributed by atoms with E-state index in [0.29, 0.717) is 0 Å². The van der Waals surface area contributed by atoms with Gasteiger partial charge in [-0.2, -0.15) is 13.2 Å². The molecular weight excluding hydrogens is 293 g/mol. The number of carbonyl (C=O) groups excluding carboxylic acids is 1. The maximum Gasteiger partial charge on any atom is 0.417 e. The molecule has 1 heterocycles.